The van der Waals surface area contributed by atoms with Crippen LogP contribution in [0.2, 0.25) is 0 Å². The highest BCUT2D eigenvalue weighted by Gasteiger charge is 2.07. The Hall–Kier alpha value is -0.220. The quantitative estimate of drug-likeness (QED) is 0.368. The first-order valence-corrected chi connectivity index (χ1v) is 4.15. The summed E-state index contributed by atoms with van der Waals surface area (Å²) in [5.41, 5.74) is 0. The Kier molecular flexibility index (Phi) is 6.36. The molecule has 1 unspecified atom stereocenters. The number of carbonyl (C=O) groups is 1. The predicted molar refractivity (Wildman–Crippen MR) is 45.7 cm³/mol. The lowest BCUT2D eigenvalue weighted by molar-refractivity contribution is -0.142. The summed E-state index contributed by atoms with van der Waals surface area (Å²) in [7, 11) is 0. The van der Waals surface area contributed by atoms with Crippen molar-refractivity contribution in [2.45, 2.75) is 25.0 Å². The first-order valence-electron chi connectivity index (χ1n) is 3.64. The van der Waals surface area contributed by atoms with Crippen molar-refractivity contribution in [3.8, 4) is 0 Å². The molecule has 0 heterocycles. The lowest BCUT2D eigenvalue weighted by atomic mass is 10.3. The van der Waals surface area contributed by atoms with Crippen LogP contribution in [-0.2, 0) is 9.53 Å². The molecule has 0 aromatic rings. The number of esters is 1. The second-order valence-corrected chi connectivity index (χ2v) is 3.05. The van der Waals surface area contributed by atoms with E-state index >= 15 is 0 Å². The maximum Gasteiger partial charge on any atom is 0.318 e. The third-order valence-electron chi connectivity index (χ3n) is 1.14. The molecule has 0 saturated carbocycles. The molecule has 0 aliphatic carbocycles. The molecule has 0 saturated heterocycles. The molecule has 0 aliphatic heterocycles. The van der Waals surface area contributed by atoms with Gasteiger partial charge in [0.25, 0.3) is 0 Å². The summed E-state index contributed by atoms with van der Waals surface area (Å²) in [6.07, 6.45) is 1.39. The van der Waals surface area contributed by atoms with Gasteiger partial charge in [0.1, 0.15) is 0 Å². The maximum atomic E-state index is 10.7. The van der Waals surface area contributed by atoms with E-state index in [9.17, 15) is 4.79 Å². The molecule has 66 valence electrons. The normalized spacial score (nSPS) is 12.6. The topological polar surface area (TPSA) is 46.5 Å². The van der Waals surface area contributed by atoms with Crippen molar-refractivity contribution in [1.29, 1.82) is 0 Å². The highest BCUT2D eigenvalue weighted by Crippen LogP contribution is 1.97. The number of unbranched alkanes of at least 4 members (excludes halogenated alkanes) is 1. The number of thiol groups is 1. The van der Waals surface area contributed by atoms with E-state index in [1.54, 1.807) is 6.92 Å². The lowest BCUT2D eigenvalue weighted by Crippen LogP contribution is -2.15. The Morgan fingerprint density at radius 1 is 1.64 bits per heavy atom. The van der Waals surface area contributed by atoms with Crippen LogP contribution >= 0.6 is 12.6 Å². The summed E-state index contributed by atoms with van der Waals surface area (Å²) < 4.78 is 4.78. The first-order chi connectivity index (χ1) is 5.18. The average Bonchev–Trinajstić information content (AvgIpc) is 1.97. The van der Waals surface area contributed by atoms with Gasteiger partial charge in [0, 0.05) is 6.61 Å². The molecule has 0 fully saturated rings. The van der Waals surface area contributed by atoms with Crippen LogP contribution in [0.25, 0.3) is 0 Å². The second kappa shape index (κ2) is 6.49. The lowest BCUT2D eigenvalue weighted by Gasteiger charge is -2.04. The highest BCUT2D eigenvalue weighted by atomic mass is 32.1. The molecule has 3 nitrogen and oxygen atoms in total. The number of aliphatic hydroxyl groups excluding tert-OH is 1. The Morgan fingerprint density at radius 3 is 2.73 bits per heavy atom. The van der Waals surface area contributed by atoms with E-state index in [0.29, 0.717) is 19.4 Å². The Morgan fingerprint density at radius 2 is 2.27 bits per heavy atom. The van der Waals surface area contributed by atoms with Gasteiger partial charge >= 0.3 is 5.97 Å². The van der Waals surface area contributed by atoms with Crippen LogP contribution in [0.5, 0.6) is 0 Å². The van der Waals surface area contributed by atoms with Gasteiger partial charge in [-0.05, 0) is 19.8 Å². The maximum absolute atomic E-state index is 10.7. The van der Waals surface area contributed by atoms with Crippen LogP contribution < -0.4 is 0 Å². The van der Waals surface area contributed by atoms with E-state index in [1.807, 2.05) is 0 Å². The number of aliphatic hydroxyl groups is 1. The van der Waals surface area contributed by atoms with Crippen molar-refractivity contribution in [2.75, 3.05) is 13.2 Å². The summed E-state index contributed by atoms with van der Waals surface area (Å²) in [6.45, 7) is 2.19. The predicted octanol–water partition coefficient (Wildman–Crippen LogP) is 0.620. The van der Waals surface area contributed by atoms with Gasteiger partial charge in [-0.2, -0.15) is 12.6 Å². The van der Waals surface area contributed by atoms with Gasteiger partial charge in [-0.1, -0.05) is 0 Å². The van der Waals surface area contributed by atoms with Crippen LogP contribution in [0, 0.1) is 0 Å². The second-order valence-electron chi connectivity index (χ2n) is 2.27. The molecule has 0 amide bonds. The molecular weight excluding hydrogens is 164 g/mol. The third kappa shape index (κ3) is 6.19. The molecule has 0 aromatic carbocycles. The van der Waals surface area contributed by atoms with Crippen molar-refractivity contribution in [1.82, 2.24) is 0 Å². The molecule has 11 heavy (non-hydrogen) atoms. The molecular formula is C7H14O3S. The van der Waals surface area contributed by atoms with Crippen LogP contribution in [0.15, 0.2) is 0 Å². The van der Waals surface area contributed by atoms with E-state index in [4.69, 9.17) is 9.84 Å². The fraction of sp³-hybridized carbons (Fsp3) is 0.857. The number of hydrogen-bond acceptors (Lipinski definition) is 4. The van der Waals surface area contributed by atoms with Gasteiger partial charge in [0.2, 0.25) is 0 Å². The van der Waals surface area contributed by atoms with E-state index in [0.717, 1.165) is 0 Å². The summed E-state index contributed by atoms with van der Waals surface area (Å²) in [6, 6.07) is 0. The molecule has 1 N–H and O–H groups in total. The average molecular weight is 178 g/mol. The zero-order chi connectivity index (χ0) is 8.69. The van der Waals surface area contributed by atoms with Crippen LogP contribution in [0.3, 0.4) is 0 Å². The van der Waals surface area contributed by atoms with Gasteiger partial charge in [-0.25, -0.2) is 0 Å². The van der Waals surface area contributed by atoms with Gasteiger partial charge in [-0.15, -0.1) is 0 Å². The van der Waals surface area contributed by atoms with E-state index in [2.05, 4.69) is 12.6 Å². The highest BCUT2D eigenvalue weighted by molar-refractivity contribution is 7.81. The smallest absolute Gasteiger partial charge is 0.318 e. The zero-order valence-electron chi connectivity index (χ0n) is 6.62. The minimum Gasteiger partial charge on any atom is -0.465 e. The Labute approximate surface area is 72.2 Å². The number of hydrogen-bond donors (Lipinski definition) is 2. The summed E-state index contributed by atoms with van der Waals surface area (Å²) in [5, 5.41) is 8.03. The van der Waals surface area contributed by atoms with Crippen molar-refractivity contribution >= 4 is 18.6 Å². The van der Waals surface area contributed by atoms with Crippen molar-refractivity contribution < 1.29 is 14.6 Å². The van der Waals surface area contributed by atoms with E-state index in [1.165, 1.54) is 0 Å². The van der Waals surface area contributed by atoms with E-state index < -0.39 is 0 Å². The molecule has 0 aromatic heterocycles. The van der Waals surface area contributed by atoms with Crippen molar-refractivity contribution in [2.24, 2.45) is 0 Å². The first kappa shape index (κ1) is 10.8. The molecule has 1 atom stereocenters. The minimum atomic E-state index is -0.357. The molecule has 4 heteroatoms. The zero-order valence-corrected chi connectivity index (χ0v) is 7.51. The van der Waals surface area contributed by atoms with Gasteiger partial charge in [-0.3, -0.25) is 4.79 Å². The third-order valence-corrected chi connectivity index (χ3v) is 1.35. The number of carbonyl (C=O) groups excluding carboxylic acids is 1. The van der Waals surface area contributed by atoms with Gasteiger partial charge < -0.3 is 9.84 Å². The Bertz CT molecular complexity index is 114. The van der Waals surface area contributed by atoms with Crippen molar-refractivity contribution in [3.05, 3.63) is 0 Å². The van der Waals surface area contributed by atoms with Gasteiger partial charge in [0.15, 0.2) is 0 Å². The SMILES string of the molecule is CC(S)C(=O)OCCCCO. The van der Waals surface area contributed by atoms with Gasteiger partial charge in [0.05, 0.1) is 11.9 Å². The molecule has 0 aliphatic rings. The summed E-state index contributed by atoms with van der Waals surface area (Å²) in [4.78, 5) is 10.7. The molecule has 0 radical (unpaired) electrons. The molecule has 0 rings (SSSR count). The molecule has 0 spiro atoms. The summed E-state index contributed by atoms with van der Waals surface area (Å²) in [5.74, 6) is -0.300. The fourth-order valence-corrected chi connectivity index (χ4v) is 0.582. The van der Waals surface area contributed by atoms with E-state index in [-0.39, 0.29) is 17.8 Å². The summed E-state index contributed by atoms with van der Waals surface area (Å²) >= 11 is 3.89. The number of rotatable bonds is 5. The van der Waals surface area contributed by atoms with Crippen molar-refractivity contribution in [3.63, 3.8) is 0 Å². The Balaban J connectivity index is 3.18. The van der Waals surface area contributed by atoms with Crippen LogP contribution in [0.1, 0.15) is 19.8 Å². The monoisotopic (exact) mass is 178 g/mol. The van der Waals surface area contributed by atoms with Crippen LogP contribution in [-0.4, -0.2) is 29.5 Å². The number of ether oxygens (including phenoxy) is 1. The molecule has 0 bridgehead atoms. The largest absolute Gasteiger partial charge is 0.465 e. The standard InChI is InChI=1S/C7H14O3S/c1-6(11)7(9)10-5-3-2-4-8/h6,8,11H,2-5H2,1H3. The fourth-order valence-electron chi connectivity index (χ4n) is 0.507. The van der Waals surface area contributed by atoms with Crippen LogP contribution in [0.4, 0.5) is 0 Å². The minimum absolute atomic E-state index is 0.147.